The Morgan fingerprint density at radius 2 is 1.83 bits per heavy atom. The Kier molecular flexibility index (Phi) is 4.84. The van der Waals surface area contributed by atoms with Crippen molar-refractivity contribution < 1.29 is 22.7 Å². The summed E-state index contributed by atoms with van der Waals surface area (Å²) < 4.78 is 40.2. The van der Waals surface area contributed by atoms with Crippen molar-refractivity contribution in [2.24, 2.45) is 0 Å². The number of alkyl halides is 3. The van der Waals surface area contributed by atoms with Crippen LogP contribution in [0.5, 0.6) is 5.75 Å². The normalized spacial score (nSPS) is 22.0. The van der Waals surface area contributed by atoms with Crippen molar-refractivity contribution in [1.29, 1.82) is 0 Å². The fourth-order valence-corrected chi connectivity index (χ4v) is 3.33. The van der Waals surface area contributed by atoms with Gasteiger partial charge in [-0.3, -0.25) is 4.90 Å². The minimum absolute atomic E-state index is 0.215. The van der Waals surface area contributed by atoms with Crippen LogP contribution in [-0.2, 0) is 0 Å². The molecule has 0 radical (unpaired) electrons. The van der Waals surface area contributed by atoms with Gasteiger partial charge in [0.25, 0.3) is 0 Å². The van der Waals surface area contributed by atoms with Gasteiger partial charge in [-0.15, -0.1) is 13.2 Å². The minimum atomic E-state index is -4.72. The van der Waals surface area contributed by atoms with E-state index in [0.717, 1.165) is 25.9 Å². The Morgan fingerprint density at radius 3 is 2.54 bits per heavy atom. The maximum Gasteiger partial charge on any atom is 0.573 e. The summed E-state index contributed by atoms with van der Waals surface area (Å²) in [6.07, 6.45) is -1.51. The maximum absolute atomic E-state index is 12.4. The van der Waals surface area contributed by atoms with Gasteiger partial charge in [-0.05, 0) is 50.1 Å². The Hall–Kier alpha value is -1.96. The number of ether oxygens (including phenoxy) is 1. The van der Waals surface area contributed by atoms with E-state index < -0.39 is 6.36 Å². The van der Waals surface area contributed by atoms with Crippen molar-refractivity contribution in [2.75, 3.05) is 31.5 Å². The zero-order chi connectivity index (χ0) is 17.2. The monoisotopic (exact) mass is 343 g/mol. The first kappa shape index (κ1) is 16.9. The second-order valence-corrected chi connectivity index (χ2v) is 6.13. The molecule has 132 valence electrons. The van der Waals surface area contributed by atoms with Gasteiger partial charge in [0.2, 0.25) is 0 Å². The fraction of sp³-hybridized carbons (Fsp3) is 0.562. The summed E-state index contributed by atoms with van der Waals surface area (Å²) in [5.74, 6) is -0.308. The highest BCUT2D eigenvalue weighted by molar-refractivity contribution is 5.89. The summed E-state index contributed by atoms with van der Waals surface area (Å²) >= 11 is 0. The zero-order valence-electron chi connectivity index (χ0n) is 13.2. The zero-order valence-corrected chi connectivity index (χ0v) is 13.2. The lowest BCUT2D eigenvalue weighted by Crippen LogP contribution is -2.41. The SMILES string of the molecule is O=C(Nc1ccc(OC(F)(F)F)cc1)N1CCCN2CCCC2C1. The highest BCUT2D eigenvalue weighted by Gasteiger charge is 2.31. The number of nitrogens with one attached hydrogen (secondary N) is 1. The van der Waals surface area contributed by atoms with Crippen LogP contribution in [0, 0.1) is 0 Å². The van der Waals surface area contributed by atoms with Gasteiger partial charge in [0, 0.05) is 31.4 Å². The van der Waals surface area contributed by atoms with Gasteiger partial charge in [0.05, 0.1) is 0 Å². The number of nitrogens with zero attached hydrogens (tertiary/aromatic N) is 2. The Balaban J connectivity index is 1.58. The molecule has 2 aliphatic heterocycles. The number of carbonyl (C=O) groups excluding carboxylic acids is 1. The van der Waals surface area contributed by atoms with E-state index in [1.54, 1.807) is 4.90 Å². The van der Waals surface area contributed by atoms with E-state index in [4.69, 9.17) is 0 Å². The van der Waals surface area contributed by atoms with Crippen molar-refractivity contribution in [3.05, 3.63) is 24.3 Å². The predicted octanol–water partition coefficient (Wildman–Crippen LogP) is 3.29. The molecule has 0 saturated carbocycles. The topological polar surface area (TPSA) is 44.8 Å². The van der Waals surface area contributed by atoms with Gasteiger partial charge in [-0.25, -0.2) is 4.79 Å². The number of urea groups is 1. The number of benzene rings is 1. The van der Waals surface area contributed by atoms with Gasteiger partial charge in [-0.1, -0.05) is 0 Å². The number of carbonyl (C=O) groups is 1. The van der Waals surface area contributed by atoms with Crippen LogP contribution in [0.2, 0.25) is 0 Å². The Morgan fingerprint density at radius 1 is 1.12 bits per heavy atom. The van der Waals surface area contributed by atoms with E-state index in [0.29, 0.717) is 24.8 Å². The van der Waals surface area contributed by atoms with Crippen LogP contribution in [0.15, 0.2) is 24.3 Å². The van der Waals surface area contributed by atoms with E-state index in [2.05, 4.69) is 15.0 Å². The molecular formula is C16H20F3N3O2. The minimum Gasteiger partial charge on any atom is -0.406 e. The summed E-state index contributed by atoms with van der Waals surface area (Å²) in [7, 11) is 0. The second kappa shape index (κ2) is 6.88. The molecule has 24 heavy (non-hydrogen) atoms. The first-order valence-corrected chi connectivity index (χ1v) is 8.06. The third-order valence-corrected chi connectivity index (χ3v) is 4.43. The average Bonchev–Trinajstić information content (AvgIpc) is 2.84. The molecule has 1 atom stereocenters. The summed E-state index contributed by atoms with van der Waals surface area (Å²) in [6.45, 7) is 3.49. The number of fused-ring (bicyclic) bond motifs is 1. The lowest BCUT2D eigenvalue weighted by Gasteiger charge is -2.25. The summed E-state index contributed by atoms with van der Waals surface area (Å²) in [6, 6.07) is 5.38. The third kappa shape index (κ3) is 4.31. The lowest BCUT2D eigenvalue weighted by molar-refractivity contribution is -0.274. The van der Waals surface area contributed by atoms with Crippen molar-refractivity contribution in [1.82, 2.24) is 9.80 Å². The summed E-state index contributed by atoms with van der Waals surface area (Å²) in [5, 5.41) is 2.74. The molecule has 1 aromatic carbocycles. The van der Waals surface area contributed by atoms with Crippen LogP contribution >= 0.6 is 0 Å². The number of anilines is 1. The van der Waals surface area contributed by atoms with Crippen molar-refractivity contribution in [2.45, 2.75) is 31.7 Å². The summed E-state index contributed by atoms with van der Waals surface area (Å²) in [4.78, 5) is 16.6. The highest BCUT2D eigenvalue weighted by atomic mass is 19.4. The molecule has 1 N–H and O–H groups in total. The molecule has 1 aromatic rings. The smallest absolute Gasteiger partial charge is 0.406 e. The number of halogens is 3. The quantitative estimate of drug-likeness (QED) is 0.896. The maximum atomic E-state index is 12.4. The molecule has 2 fully saturated rings. The second-order valence-electron chi connectivity index (χ2n) is 6.13. The molecule has 3 rings (SSSR count). The molecule has 5 nitrogen and oxygen atoms in total. The van der Waals surface area contributed by atoms with E-state index in [1.165, 1.54) is 30.7 Å². The van der Waals surface area contributed by atoms with Gasteiger partial charge in [0.1, 0.15) is 5.75 Å². The lowest BCUT2D eigenvalue weighted by atomic mass is 10.2. The van der Waals surface area contributed by atoms with Crippen molar-refractivity contribution in [3.63, 3.8) is 0 Å². The van der Waals surface area contributed by atoms with Gasteiger partial charge >= 0.3 is 12.4 Å². The number of hydrogen-bond acceptors (Lipinski definition) is 3. The molecule has 1 unspecified atom stereocenters. The van der Waals surface area contributed by atoms with Crippen molar-refractivity contribution >= 4 is 11.7 Å². The average molecular weight is 343 g/mol. The third-order valence-electron chi connectivity index (χ3n) is 4.43. The first-order valence-electron chi connectivity index (χ1n) is 8.06. The highest BCUT2D eigenvalue weighted by Crippen LogP contribution is 2.25. The van der Waals surface area contributed by atoms with E-state index in [-0.39, 0.29) is 11.8 Å². The molecule has 2 heterocycles. The molecule has 8 heteroatoms. The van der Waals surface area contributed by atoms with E-state index in [9.17, 15) is 18.0 Å². The van der Waals surface area contributed by atoms with Crippen LogP contribution in [0.3, 0.4) is 0 Å². The molecule has 2 saturated heterocycles. The molecule has 0 aromatic heterocycles. The first-order chi connectivity index (χ1) is 11.4. The van der Waals surface area contributed by atoms with E-state index >= 15 is 0 Å². The number of hydrogen-bond donors (Lipinski definition) is 1. The van der Waals surface area contributed by atoms with Crippen LogP contribution < -0.4 is 10.1 Å². The van der Waals surface area contributed by atoms with Gasteiger partial charge < -0.3 is 15.0 Å². The Labute approximate surface area is 138 Å². The molecule has 2 amide bonds. The Bertz CT molecular complexity index is 577. The van der Waals surface area contributed by atoms with Gasteiger partial charge in [0.15, 0.2) is 0 Å². The molecule has 0 spiro atoms. The van der Waals surface area contributed by atoms with Crippen molar-refractivity contribution in [3.8, 4) is 5.75 Å². The molecule has 0 bridgehead atoms. The largest absolute Gasteiger partial charge is 0.573 e. The van der Waals surface area contributed by atoms with Gasteiger partial charge in [-0.2, -0.15) is 0 Å². The van der Waals surface area contributed by atoms with Crippen LogP contribution in [0.25, 0.3) is 0 Å². The standard InChI is InChI=1S/C16H20F3N3O2/c17-16(18,19)24-14-6-4-12(5-7-14)20-15(23)22-10-2-9-21-8-1-3-13(21)11-22/h4-7,13H,1-3,8-11H2,(H,20,23). The van der Waals surface area contributed by atoms with Crippen LogP contribution in [0.1, 0.15) is 19.3 Å². The van der Waals surface area contributed by atoms with Crippen LogP contribution in [-0.4, -0.2) is 54.4 Å². The van der Waals surface area contributed by atoms with Crippen LogP contribution in [0.4, 0.5) is 23.7 Å². The van der Waals surface area contributed by atoms with E-state index in [1.807, 2.05) is 0 Å². The number of rotatable bonds is 2. The fourth-order valence-electron chi connectivity index (χ4n) is 3.33. The molecule has 0 aliphatic carbocycles. The predicted molar refractivity (Wildman–Crippen MR) is 82.9 cm³/mol. The molecular weight excluding hydrogens is 323 g/mol. The molecule has 2 aliphatic rings. The number of amides is 2. The summed E-state index contributed by atoms with van der Waals surface area (Å²) in [5.41, 5.74) is 0.446.